The quantitative estimate of drug-likeness (QED) is 0.516. The maximum atomic E-state index is 5.87. The molecule has 1 heterocycles. The van der Waals surface area contributed by atoms with Gasteiger partial charge in [0, 0.05) is 38.1 Å². The highest BCUT2D eigenvalue weighted by Gasteiger charge is 2.58. The van der Waals surface area contributed by atoms with Gasteiger partial charge in [-0.2, -0.15) is 0 Å². The highest BCUT2D eigenvalue weighted by molar-refractivity contribution is 5.79. The van der Waals surface area contributed by atoms with Crippen LogP contribution in [0.2, 0.25) is 0 Å². The molecule has 1 saturated carbocycles. The fourth-order valence-electron chi connectivity index (χ4n) is 3.21. The van der Waals surface area contributed by atoms with E-state index in [1.807, 2.05) is 7.05 Å². The van der Waals surface area contributed by atoms with Crippen LogP contribution in [0.25, 0.3) is 0 Å². The lowest BCUT2D eigenvalue weighted by molar-refractivity contribution is -0.188. The molecule has 92 valence electrons. The minimum absolute atomic E-state index is 0.206. The van der Waals surface area contributed by atoms with Gasteiger partial charge in [-0.3, -0.25) is 4.99 Å². The largest absolute Gasteiger partial charge is 0.377 e. The topological polar surface area (TPSA) is 45.7 Å². The number of rotatable bonds is 1. The summed E-state index contributed by atoms with van der Waals surface area (Å²) in [6.45, 7) is 5.48. The van der Waals surface area contributed by atoms with Gasteiger partial charge in [0.1, 0.15) is 0 Å². The second-order valence-corrected chi connectivity index (χ2v) is 5.36. The van der Waals surface area contributed by atoms with E-state index < -0.39 is 0 Å². The smallest absolute Gasteiger partial charge is 0.190 e. The number of fused-ring (bicyclic) bond motifs is 1. The first-order chi connectivity index (χ1) is 7.61. The fourth-order valence-corrected chi connectivity index (χ4v) is 3.21. The third-order valence-electron chi connectivity index (χ3n) is 4.08. The number of aliphatic imine (C=N–C) groups is 1. The zero-order chi connectivity index (χ0) is 11.8. The van der Waals surface area contributed by atoms with E-state index in [2.05, 4.69) is 29.5 Å². The third-order valence-corrected chi connectivity index (χ3v) is 4.08. The first-order valence-electron chi connectivity index (χ1n) is 6.14. The maximum absolute atomic E-state index is 5.87. The van der Waals surface area contributed by atoms with Gasteiger partial charge < -0.3 is 15.4 Å². The fraction of sp³-hybridized carbons (Fsp3) is 0.917. The van der Waals surface area contributed by atoms with Crippen LogP contribution in [0.4, 0.5) is 0 Å². The summed E-state index contributed by atoms with van der Waals surface area (Å²) in [7, 11) is 3.70. The number of guanidine groups is 1. The molecule has 1 aliphatic carbocycles. The molecular formula is C12H23N3O. The Hall–Kier alpha value is -0.770. The number of hydrogen-bond donors (Lipinski definition) is 2. The Balaban J connectivity index is 2.04. The number of ether oxygens (including phenoxy) is 1. The summed E-state index contributed by atoms with van der Waals surface area (Å²) in [5, 5.41) is 6.58. The van der Waals surface area contributed by atoms with E-state index in [4.69, 9.17) is 4.74 Å². The molecule has 1 saturated heterocycles. The van der Waals surface area contributed by atoms with E-state index in [9.17, 15) is 0 Å². The second kappa shape index (κ2) is 4.24. The van der Waals surface area contributed by atoms with E-state index in [0.29, 0.717) is 18.1 Å². The van der Waals surface area contributed by atoms with Crippen LogP contribution in [-0.2, 0) is 4.74 Å². The summed E-state index contributed by atoms with van der Waals surface area (Å²) >= 11 is 0. The Morgan fingerprint density at radius 2 is 2.19 bits per heavy atom. The lowest BCUT2D eigenvalue weighted by Gasteiger charge is -2.60. The van der Waals surface area contributed by atoms with Crippen LogP contribution in [0, 0.1) is 11.3 Å². The molecule has 0 spiro atoms. The van der Waals surface area contributed by atoms with Crippen molar-refractivity contribution in [2.45, 2.75) is 38.8 Å². The third kappa shape index (κ3) is 1.69. The van der Waals surface area contributed by atoms with Gasteiger partial charge in [-0.15, -0.1) is 0 Å². The summed E-state index contributed by atoms with van der Waals surface area (Å²) in [6, 6.07) is 0.476. The highest BCUT2D eigenvalue weighted by atomic mass is 16.5. The first-order valence-corrected chi connectivity index (χ1v) is 6.14. The first kappa shape index (κ1) is 11.7. The predicted molar refractivity (Wildman–Crippen MR) is 65.6 cm³/mol. The summed E-state index contributed by atoms with van der Waals surface area (Å²) in [5.74, 6) is 1.52. The molecule has 0 amide bonds. The van der Waals surface area contributed by atoms with Crippen molar-refractivity contribution in [1.82, 2.24) is 10.6 Å². The van der Waals surface area contributed by atoms with Crippen molar-refractivity contribution in [2.75, 3.05) is 20.7 Å². The standard InChI is InChI=1S/C12H23N3O/c1-12(2)9(15-11(13-3)14-4)8-6-5-7-16-10(8)12/h8-10H,5-7H2,1-4H3,(H2,13,14,15). The van der Waals surface area contributed by atoms with Crippen LogP contribution >= 0.6 is 0 Å². The van der Waals surface area contributed by atoms with Gasteiger partial charge in [-0.05, 0) is 12.8 Å². The van der Waals surface area contributed by atoms with E-state index >= 15 is 0 Å². The molecule has 2 aliphatic rings. The zero-order valence-electron chi connectivity index (χ0n) is 10.7. The Morgan fingerprint density at radius 3 is 2.81 bits per heavy atom. The Kier molecular flexibility index (Phi) is 3.10. The average Bonchev–Trinajstić information content (AvgIpc) is 2.30. The van der Waals surface area contributed by atoms with Gasteiger partial charge in [0.15, 0.2) is 5.96 Å². The zero-order valence-corrected chi connectivity index (χ0v) is 10.7. The molecule has 4 nitrogen and oxygen atoms in total. The predicted octanol–water partition coefficient (Wildman–Crippen LogP) is 0.985. The lowest BCUT2D eigenvalue weighted by Crippen LogP contribution is -2.70. The van der Waals surface area contributed by atoms with Crippen molar-refractivity contribution in [3.63, 3.8) is 0 Å². The van der Waals surface area contributed by atoms with Crippen molar-refractivity contribution >= 4 is 5.96 Å². The number of nitrogens with zero attached hydrogens (tertiary/aromatic N) is 1. The number of nitrogens with one attached hydrogen (secondary N) is 2. The van der Waals surface area contributed by atoms with Crippen molar-refractivity contribution in [1.29, 1.82) is 0 Å². The van der Waals surface area contributed by atoms with Crippen molar-refractivity contribution in [3.8, 4) is 0 Å². The Labute approximate surface area is 97.9 Å². The SMILES string of the molecule is CN=C(NC)NC1C2CCCOC2C1(C)C. The lowest BCUT2D eigenvalue weighted by atomic mass is 9.55. The summed E-state index contributed by atoms with van der Waals surface area (Å²) in [4.78, 5) is 4.19. The Morgan fingerprint density at radius 1 is 1.44 bits per heavy atom. The van der Waals surface area contributed by atoms with Crippen LogP contribution in [-0.4, -0.2) is 38.8 Å². The molecule has 2 rings (SSSR count). The number of hydrogen-bond acceptors (Lipinski definition) is 2. The van der Waals surface area contributed by atoms with E-state index in [1.165, 1.54) is 12.8 Å². The van der Waals surface area contributed by atoms with Crippen LogP contribution in [0.5, 0.6) is 0 Å². The van der Waals surface area contributed by atoms with Crippen molar-refractivity contribution in [3.05, 3.63) is 0 Å². The summed E-state index contributed by atoms with van der Waals surface area (Å²) < 4.78 is 5.87. The van der Waals surface area contributed by atoms with E-state index in [-0.39, 0.29) is 5.41 Å². The summed E-state index contributed by atoms with van der Waals surface area (Å²) in [6.07, 6.45) is 2.88. The van der Waals surface area contributed by atoms with Gasteiger partial charge in [-0.25, -0.2) is 0 Å². The minimum Gasteiger partial charge on any atom is -0.377 e. The molecule has 2 fully saturated rings. The van der Waals surface area contributed by atoms with Crippen molar-refractivity contribution in [2.24, 2.45) is 16.3 Å². The molecule has 0 aromatic carbocycles. The van der Waals surface area contributed by atoms with Gasteiger partial charge in [0.05, 0.1) is 6.10 Å². The molecule has 0 bridgehead atoms. The van der Waals surface area contributed by atoms with Crippen LogP contribution < -0.4 is 10.6 Å². The monoisotopic (exact) mass is 225 g/mol. The molecule has 0 aromatic heterocycles. The molecule has 4 heteroatoms. The highest BCUT2D eigenvalue weighted by Crippen LogP contribution is 2.51. The molecule has 0 radical (unpaired) electrons. The average molecular weight is 225 g/mol. The van der Waals surface area contributed by atoms with Crippen LogP contribution in [0.15, 0.2) is 4.99 Å². The molecule has 3 unspecified atom stereocenters. The van der Waals surface area contributed by atoms with E-state index in [1.54, 1.807) is 7.05 Å². The van der Waals surface area contributed by atoms with Gasteiger partial charge >= 0.3 is 0 Å². The van der Waals surface area contributed by atoms with Crippen molar-refractivity contribution < 1.29 is 4.74 Å². The summed E-state index contributed by atoms with van der Waals surface area (Å²) in [5.41, 5.74) is 0.206. The van der Waals surface area contributed by atoms with Crippen LogP contribution in [0.3, 0.4) is 0 Å². The Bertz CT molecular complexity index is 288. The minimum atomic E-state index is 0.206. The molecule has 0 aromatic rings. The van der Waals surface area contributed by atoms with Gasteiger partial charge in [-0.1, -0.05) is 13.8 Å². The normalized spacial score (nSPS) is 37.2. The molecule has 16 heavy (non-hydrogen) atoms. The molecular weight excluding hydrogens is 202 g/mol. The van der Waals surface area contributed by atoms with Gasteiger partial charge in [0.25, 0.3) is 0 Å². The van der Waals surface area contributed by atoms with Crippen LogP contribution in [0.1, 0.15) is 26.7 Å². The van der Waals surface area contributed by atoms with Gasteiger partial charge in [0.2, 0.25) is 0 Å². The second-order valence-electron chi connectivity index (χ2n) is 5.36. The molecule has 3 atom stereocenters. The van der Waals surface area contributed by atoms with E-state index in [0.717, 1.165) is 12.6 Å². The molecule has 1 aliphatic heterocycles. The molecule has 2 N–H and O–H groups in total. The maximum Gasteiger partial charge on any atom is 0.190 e.